The quantitative estimate of drug-likeness (QED) is 0.741. The molecule has 21 heavy (non-hydrogen) atoms. The number of aryl methyl sites for hydroxylation is 3. The molecule has 3 aromatic rings. The fourth-order valence-electron chi connectivity index (χ4n) is 2.26. The molecular weight excluding hydrogens is 291 g/mol. The van der Waals surface area contributed by atoms with E-state index in [0.717, 1.165) is 29.9 Å². The predicted molar refractivity (Wildman–Crippen MR) is 79.5 cm³/mol. The Morgan fingerprint density at radius 1 is 1.33 bits per heavy atom. The fraction of sp³-hybridized carbons (Fsp3) is 0.200. The highest BCUT2D eigenvalue weighted by Gasteiger charge is 2.11. The summed E-state index contributed by atoms with van der Waals surface area (Å²) in [6, 6.07) is 4.35. The zero-order chi connectivity index (χ0) is 14.8. The smallest absolute Gasteiger partial charge is 0.141 e. The van der Waals surface area contributed by atoms with Crippen molar-refractivity contribution in [1.82, 2.24) is 19.3 Å². The molecule has 6 heteroatoms. The molecular formula is C15H14ClFN4. The van der Waals surface area contributed by atoms with E-state index in [1.165, 1.54) is 12.1 Å². The van der Waals surface area contributed by atoms with Crippen LogP contribution in [0.4, 0.5) is 4.39 Å². The minimum absolute atomic E-state index is 0.350. The molecule has 1 aromatic carbocycles. The van der Waals surface area contributed by atoms with Crippen LogP contribution >= 0.6 is 11.6 Å². The van der Waals surface area contributed by atoms with Gasteiger partial charge < -0.3 is 4.57 Å². The normalized spacial score (nSPS) is 11.0. The molecule has 0 bridgehead atoms. The van der Waals surface area contributed by atoms with Crippen molar-refractivity contribution in [3.63, 3.8) is 0 Å². The summed E-state index contributed by atoms with van der Waals surface area (Å²) in [5.41, 5.74) is 1.89. The van der Waals surface area contributed by atoms with Gasteiger partial charge in [-0.1, -0.05) is 11.6 Å². The first-order chi connectivity index (χ1) is 10.1. The number of aromatic nitrogens is 4. The van der Waals surface area contributed by atoms with Crippen LogP contribution in [0.2, 0.25) is 5.02 Å². The number of halogens is 2. The van der Waals surface area contributed by atoms with Gasteiger partial charge in [0.1, 0.15) is 11.6 Å². The van der Waals surface area contributed by atoms with E-state index in [0.29, 0.717) is 5.02 Å². The van der Waals surface area contributed by atoms with Gasteiger partial charge in [0.15, 0.2) is 0 Å². The van der Waals surface area contributed by atoms with Crippen LogP contribution in [-0.4, -0.2) is 19.3 Å². The zero-order valence-corrected chi connectivity index (χ0v) is 12.3. The number of benzene rings is 1. The third kappa shape index (κ3) is 2.97. The van der Waals surface area contributed by atoms with E-state index in [2.05, 4.69) is 10.1 Å². The Hall–Kier alpha value is -2.14. The van der Waals surface area contributed by atoms with Gasteiger partial charge in [-0.05, 0) is 30.2 Å². The molecule has 108 valence electrons. The molecule has 0 radical (unpaired) electrons. The molecule has 0 atom stereocenters. The topological polar surface area (TPSA) is 35.6 Å². The minimum Gasteiger partial charge on any atom is -0.331 e. The second-order valence-corrected chi connectivity index (χ2v) is 5.25. The van der Waals surface area contributed by atoms with Gasteiger partial charge in [0.25, 0.3) is 0 Å². The Kier molecular flexibility index (Phi) is 3.75. The van der Waals surface area contributed by atoms with Gasteiger partial charge in [0.05, 0.1) is 11.2 Å². The molecule has 4 nitrogen and oxygen atoms in total. The van der Waals surface area contributed by atoms with E-state index in [-0.39, 0.29) is 5.82 Å². The van der Waals surface area contributed by atoms with Crippen LogP contribution in [-0.2, 0) is 20.0 Å². The van der Waals surface area contributed by atoms with Crippen molar-refractivity contribution < 1.29 is 4.39 Å². The molecule has 0 aliphatic heterocycles. The molecule has 0 saturated heterocycles. The lowest BCUT2D eigenvalue weighted by Crippen LogP contribution is -2.02. The lowest BCUT2D eigenvalue weighted by Gasteiger charge is -2.08. The molecule has 0 aliphatic rings. The maximum Gasteiger partial charge on any atom is 0.141 e. The highest BCUT2D eigenvalue weighted by atomic mass is 35.5. The van der Waals surface area contributed by atoms with Crippen LogP contribution in [0.25, 0.3) is 11.4 Å². The molecule has 2 aromatic heterocycles. The Morgan fingerprint density at radius 3 is 2.90 bits per heavy atom. The van der Waals surface area contributed by atoms with E-state index in [1.54, 1.807) is 16.9 Å². The molecule has 0 N–H and O–H groups in total. The molecule has 3 rings (SSSR count). The van der Waals surface area contributed by atoms with Crippen LogP contribution in [0, 0.1) is 5.82 Å². The number of hydrogen-bond acceptors (Lipinski definition) is 2. The van der Waals surface area contributed by atoms with Crippen molar-refractivity contribution in [3.05, 3.63) is 59.4 Å². The Labute approximate surface area is 126 Å². The molecule has 0 amide bonds. The monoisotopic (exact) mass is 304 g/mol. The lowest BCUT2D eigenvalue weighted by atomic mass is 10.2. The summed E-state index contributed by atoms with van der Waals surface area (Å²) in [5, 5.41) is 4.51. The van der Waals surface area contributed by atoms with Crippen LogP contribution in [0.5, 0.6) is 0 Å². The van der Waals surface area contributed by atoms with Crippen molar-refractivity contribution in [3.8, 4) is 11.4 Å². The Bertz CT molecular complexity index is 763. The average molecular weight is 305 g/mol. The maximum atomic E-state index is 13.1. The summed E-state index contributed by atoms with van der Waals surface area (Å²) in [6.07, 6.45) is 8.29. The maximum absolute atomic E-state index is 13.1. The third-order valence-electron chi connectivity index (χ3n) is 3.29. The van der Waals surface area contributed by atoms with Gasteiger partial charge in [-0.2, -0.15) is 5.10 Å². The zero-order valence-electron chi connectivity index (χ0n) is 11.5. The highest BCUT2D eigenvalue weighted by Crippen LogP contribution is 2.27. The number of hydrogen-bond donors (Lipinski definition) is 0. The summed E-state index contributed by atoms with van der Waals surface area (Å²) >= 11 is 6.11. The molecule has 0 unspecified atom stereocenters. The van der Waals surface area contributed by atoms with Crippen molar-refractivity contribution in [2.45, 2.75) is 13.0 Å². The SMILES string of the molecule is Cn1cc(CCn2ccnc2-c2ccc(F)cc2Cl)cn1. The predicted octanol–water partition coefficient (Wildman–Crippen LogP) is 3.32. The van der Waals surface area contributed by atoms with Crippen molar-refractivity contribution in [2.24, 2.45) is 7.05 Å². The second-order valence-electron chi connectivity index (χ2n) is 4.84. The lowest BCUT2D eigenvalue weighted by molar-refractivity contribution is 0.628. The van der Waals surface area contributed by atoms with Crippen LogP contribution < -0.4 is 0 Å². The van der Waals surface area contributed by atoms with Crippen molar-refractivity contribution >= 4 is 11.6 Å². The van der Waals surface area contributed by atoms with E-state index in [1.807, 2.05) is 30.2 Å². The van der Waals surface area contributed by atoms with E-state index >= 15 is 0 Å². The van der Waals surface area contributed by atoms with Gasteiger partial charge in [-0.15, -0.1) is 0 Å². The number of rotatable bonds is 4. The van der Waals surface area contributed by atoms with Gasteiger partial charge in [0, 0.05) is 37.7 Å². The molecule has 0 saturated carbocycles. The van der Waals surface area contributed by atoms with Crippen LogP contribution in [0.3, 0.4) is 0 Å². The van der Waals surface area contributed by atoms with Crippen LogP contribution in [0.1, 0.15) is 5.56 Å². The average Bonchev–Trinajstić information content (AvgIpc) is 3.05. The first-order valence-corrected chi connectivity index (χ1v) is 6.95. The summed E-state index contributed by atoms with van der Waals surface area (Å²) in [5.74, 6) is 0.390. The fourth-order valence-corrected chi connectivity index (χ4v) is 2.51. The summed E-state index contributed by atoms with van der Waals surface area (Å²) in [4.78, 5) is 4.33. The van der Waals surface area contributed by atoms with Gasteiger partial charge in [-0.3, -0.25) is 4.68 Å². The molecule has 0 aliphatic carbocycles. The molecule has 2 heterocycles. The van der Waals surface area contributed by atoms with Gasteiger partial charge >= 0.3 is 0 Å². The highest BCUT2D eigenvalue weighted by molar-refractivity contribution is 6.33. The number of imidazole rings is 1. The second kappa shape index (κ2) is 5.69. The standard InChI is InChI=1S/C15H14ClFN4/c1-20-10-11(9-19-20)4-6-21-7-5-18-15(21)13-3-2-12(17)8-14(13)16/h2-3,5,7-10H,4,6H2,1H3. The summed E-state index contributed by atoms with van der Waals surface area (Å²) in [6.45, 7) is 0.759. The first-order valence-electron chi connectivity index (χ1n) is 6.57. The largest absolute Gasteiger partial charge is 0.331 e. The van der Waals surface area contributed by atoms with Gasteiger partial charge in [0.2, 0.25) is 0 Å². The van der Waals surface area contributed by atoms with E-state index < -0.39 is 0 Å². The van der Waals surface area contributed by atoms with Gasteiger partial charge in [-0.25, -0.2) is 9.37 Å². The van der Waals surface area contributed by atoms with E-state index in [4.69, 9.17) is 11.6 Å². The third-order valence-corrected chi connectivity index (χ3v) is 3.60. The summed E-state index contributed by atoms with van der Waals surface area (Å²) in [7, 11) is 1.89. The number of nitrogens with zero attached hydrogens (tertiary/aromatic N) is 4. The van der Waals surface area contributed by atoms with Crippen LogP contribution in [0.15, 0.2) is 43.0 Å². The first kappa shape index (κ1) is 13.8. The molecule has 0 fully saturated rings. The summed E-state index contributed by atoms with van der Waals surface area (Å²) < 4.78 is 16.9. The van der Waals surface area contributed by atoms with Crippen molar-refractivity contribution in [1.29, 1.82) is 0 Å². The Balaban J connectivity index is 1.83. The van der Waals surface area contributed by atoms with Crippen molar-refractivity contribution in [2.75, 3.05) is 0 Å². The Morgan fingerprint density at radius 2 is 2.19 bits per heavy atom. The molecule has 0 spiro atoms. The minimum atomic E-state index is -0.350. The van der Waals surface area contributed by atoms with E-state index in [9.17, 15) is 4.39 Å².